The summed E-state index contributed by atoms with van der Waals surface area (Å²) in [6.45, 7) is 4.48. The summed E-state index contributed by atoms with van der Waals surface area (Å²) in [5.74, 6) is 0. The minimum absolute atomic E-state index is 0.326. The summed E-state index contributed by atoms with van der Waals surface area (Å²) in [7, 11) is -2.03. The number of alkyl halides is 3. The highest BCUT2D eigenvalue weighted by atomic mass is 28.4. The van der Waals surface area contributed by atoms with Crippen LogP contribution in [0.2, 0.25) is 13.1 Å². The highest BCUT2D eigenvalue weighted by molar-refractivity contribution is 6.84. The molecule has 0 heterocycles. The van der Waals surface area contributed by atoms with E-state index in [1.54, 1.807) is 0 Å². The molecule has 0 amide bonds. The molecule has 2 rings (SSSR count). The molecule has 0 N–H and O–H groups in total. The van der Waals surface area contributed by atoms with Crippen LogP contribution < -0.4 is 5.19 Å². The number of hydrogen-bond donors (Lipinski definition) is 0. The van der Waals surface area contributed by atoms with Gasteiger partial charge >= 0.3 is 6.18 Å². The van der Waals surface area contributed by atoms with E-state index in [1.807, 2.05) is 30.3 Å². The Balaban J connectivity index is 2.03. The molecule has 0 spiro atoms. The fourth-order valence-corrected chi connectivity index (χ4v) is 3.67. The maximum absolute atomic E-state index is 12.5. The van der Waals surface area contributed by atoms with Gasteiger partial charge in [-0.1, -0.05) is 42.5 Å². The maximum atomic E-state index is 12.5. The maximum Gasteiger partial charge on any atom is 0.416 e. The second kappa shape index (κ2) is 6.03. The van der Waals surface area contributed by atoms with Crippen molar-refractivity contribution in [2.75, 3.05) is 0 Å². The van der Waals surface area contributed by atoms with Crippen LogP contribution in [0.3, 0.4) is 0 Å². The molecule has 0 radical (unpaired) electrons. The summed E-state index contributed by atoms with van der Waals surface area (Å²) in [5.41, 5.74) is 0.116. The summed E-state index contributed by atoms with van der Waals surface area (Å²) in [6, 6.07) is 15.1. The Bertz CT molecular complexity index is 577. The van der Waals surface area contributed by atoms with Crippen LogP contribution in [0.5, 0.6) is 0 Å². The Morgan fingerprint density at radius 2 is 1.48 bits per heavy atom. The lowest BCUT2D eigenvalue weighted by atomic mass is 10.1. The zero-order valence-corrected chi connectivity index (χ0v) is 12.9. The third kappa shape index (κ3) is 4.19. The molecule has 1 nitrogen and oxygen atoms in total. The predicted molar refractivity (Wildman–Crippen MR) is 79.8 cm³/mol. The van der Waals surface area contributed by atoms with Crippen molar-refractivity contribution in [3.63, 3.8) is 0 Å². The van der Waals surface area contributed by atoms with Crippen LogP contribution in [-0.4, -0.2) is 8.32 Å². The number of hydrogen-bond acceptors (Lipinski definition) is 1. The largest absolute Gasteiger partial charge is 0.416 e. The smallest absolute Gasteiger partial charge is 0.409 e. The predicted octanol–water partition coefficient (Wildman–Crippen LogP) is 4.33. The third-order valence-corrected chi connectivity index (χ3v) is 5.94. The normalized spacial score (nSPS) is 12.4. The van der Waals surface area contributed by atoms with Gasteiger partial charge in [0, 0.05) is 0 Å². The van der Waals surface area contributed by atoms with Gasteiger partial charge in [-0.25, -0.2) is 0 Å². The zero-order valence-electron chi connectivity index (χ0n) is 11.9. The molecule has 0 unspecified atom stereocenters. The van der Waals surface area contributed by atoms with Gasteiger partial charge in [-0.15, -0.1) is 0 Å². The molecule has 0 bridgehead atoms. The van der Waals surface area contributed by atoms with Crippen molar-refractivity contribution in [3.05, 3.63) is 65.7 Å². The first-order valence-corrected chi connectivity index (χ1v) is 9.55. The molecular formula is C16H17F3OSi. The van der Waals surface area contributed by atoms with E-state index in [4.69, 9.17) is 4.43 Å². The van der Waals surface area contributed by atoms with Crippen LogP contribution in [0, 0.1) is 0 Å². The number of halogens is 3. The van der Waals surface area contributed by atoms with Crippen molar-refractivity contribution in [2.45, 2.75) is 25.9 Å². The molecule has 112 valence electrons. The second-order valence-electron chi connectivity index (χ2n) is 5.36. The van der Waals surface area contributed by atoms with Gasteiger partial charge in [0.05, 0.1) is 12.2 Å². The van der Waals surface area contributed by atoms with E-state index in [0.29, 0.717) is 6.61 Å². The quantitative estimate of drug-likeness (QED) is 0.764. The molecule has 0 atom stereocenters. The summed E-state index contributed by atoms with van der Waals surface area (Å²) in [6.07, 6.45) is -4.29. The van der Waals surface area contributed by atoms with Crippen molar-refractivity contribution in [1.82, 2.24) is 0 Å². The highest BCUT2D eigenvalue weighted by Crippen LogP contribution is 2.29. The van der Waals surface area contributed by atoms with Crippen molar-refractivity contribution >= 4 is 13.5 Å². The summed E-state index contributed by atoms with van der Waals surface area (Å²) in [5, 5.41) is 1.16. The van der Waals surface area contributed by atoms with Gasteiger partial charge in [0.2, 0.25) is 8.32 Å². The molecule has 0 aliphatic rings. The Morgan fingerprint density at radius 1 is 0.905 bits per heavy atom. The SMILES string of the molecule is C[Si](C)(OCc1ccc(C(F)(F)F)cc1)c1ccccc1. The van der Waals surface area contributed by atoms with E-state index in [-0.39, 0.29) is 0 Å². The molecule has 2 aromatic carbocycles. The highest BCUT2D eigenvalue weighted by Gasteiger charge is 2.30. The summed E-state index contributed by atoms with van der Waals surface area (Å²) < 4.78 is 43.5. The van der Waals surface area contributed by atoms with Crippen molar-refractivity contribution in [2.24, 2.45) is 0 Å². The van der Waals surface area contributed by atoms with Crippen molar-refractivity contribution in [3.8, 4) is 0 Å². The van der Waals surface area contributed by atoms with E-state index >= 15 is 0 Å². The van der Waals surface area contributed by atoms with E-state index in [1.165, 1.54) is 12.1 Å². The first-order valence-electron chi connectivity index (χ1n) is 6.65. The Hall–Kier alpha value is -1.59. The monoisotopic (exact) mass is 310 g/mol. The topological polar surface area (TPSA) is 9.23 Å². The Labute approximate surface area is 123 Å². The standard InChI is InChI=1S/C16H17F3OSi/c1-21(2,15-6-4-3-5-7-15)20-12-13-8-10-14(11-9-13)16(17,18)19/h3-11H,12H2,1-2H3. The van der Waals surface area contributed by atoms with E-state index < -0.39 is 20.1 Å². The van der Waals surface area contributed by atoms with E-state index in [9.17, 15) is 13.2 Å². The molecule has 0 saturated heterocycles. The molecule has 21 heavy (non-hydrogen) atoms. The first-order chi connectivity index (χ1) is 9.79. The minimum atomic E-state index is -4.29. The lowest BCUT2D eigenvalue weighted by Crippen LogP contribution is -2.44. The third-order valence-electron chi connectivity index (χ3n) is 3.35. The zero-order chi connectivity index (χ0) is 15.5. The summed E-state index contributed by atoms with van der Waals surface area (Å²) >= 11 is 0. The number of rotatable bonds is 4. The Morgan fingerprint density at radius 3 is 2.00 bits per heavy atom. The van der Waals surface area contributed by atoms with Gasteiger partial charge < -0.3 is 4.43 Å². The van der Waals surface area contributed by atoms with Crippen LogP contribution in [0.25, 0.3) is 0 Å². The molecule has 0 aromatic heterocycles. The average molecular weight is 310 g/mol. The van der Waals surface area contributed by atoms with Crippen LogP contribution in [0.1, 0.15) is 11.1 Å². The van der Waals surface area contributed by atoms with Crippen LogP contribution in [0.15, 0.2) is 54.6 Å². The lowest BCUT2D eigenvalue weighted by Gasteiger charge is -2.23. The molecule has 0 aliphatic carbocycles. The van der Waals surface area contributed by atoms with Crippen LogP contribution >= 0.6 is 0 Å². The lowest BCUT2D eigenvalue weighted by molar-refractivity contribution is -0.137. The summed E-state index contributed by atoms with van der Waals surface area (Å²) in [4.78, 5) is 0. The van der Waals surface area contributed by atoms with E-state index in [2.05, 4.69) is 13.1 Å². The molecule has 2 aromatic rings. The number of benzene rings is 2. The van der Waals surface area contributed by atoms with Crippen molar-refractivity contribution < 1.29 is 17.6 Å². The molecule has 0 fully saturated rings. The molecule has 0 aliphatic heterocycles. The van der Waals surface area contributed by atoms with Crippen LogP contribution in [-0.2, 0) is 17.2 Å². The van der Waals surface area contributed by atoms with Crippen molar-refractivity contribution in [1.29, 1.82) is 0 Å². The Kier molecular flexibility index (Phi) is 4.54. The fraction of sp³-hybridized carbons (Fsp3) is 0.250. The van der Waals surface area contributed by atoms with Gasteiger partial charge in [-0.3, -0.25) is 0 Å². The van der Waals surface area contributed by atoms with Gasteiger partial charge in [-0.05, 0) is 36.0 Å². The van der Waals surface area contributed by atoms with Gasteiger partial charge in [0.1, 0.15) is 0 Å². The van der Waals surface area contributed by atoms with Gasteiger partial charge in [0.25, 0.3) is 0 Å². The molecular weight excluding hydrogens is 293 g/mol. The van der Waals surface area contributed by atoms with Crippen LogP contribution in [0.4, 0.5) is 13.2 Å². The second-order valence-corrected chi connectivity index (χ2v) is 9.25. The molecule has 0 saturated carbocycles. The minimum Gasteiger partial charge on any atom is -0.409 e. The fourth-order valence-electron chi connectivity index (χ4n) is 1.98. The first kappa shape index (κ1) is 15.8. The average Bonchev–Trinajstić information content (AvgIpc) is 2.46. The van der Waals surface area contributed by atoms with Gasteiger partial charge in [0.15, 0.2) is 0 Å². The molecule has 5 heteroatoms. The van der Waals surface area contributed by atoms with E-state index in [0.717, 1.165) is 22.9 Å². The van der Waals surface area contributed by atoms with Gasteiger partial charge in [-0.2, -0.15) is 13.2 Å².